The van der Waals surface area contributed by atoms with Crippen LogP contribution in [-0.4, -0.2) is 49.0 Å². The fraction of sp³-hybridized carbons (Fsp3) is 0.733. The number of hydrogen-bond donors (Lipinski definition) is 1. The second kappa shape index (κ2) is 6.52. The Hall–Kier alpha value is -0.490. The molecule has 3 heterocycles. The van der Waals surface area contributed by atoms with E-state index in [9.17, 15) is 4.39 Å². The normalized spacial score (nSPS) is 34.9. The van der Waals surface area contributed by atoms with Gasteiger partial charge < -0.3 is 10.1 Å². The molecule has 2 fully saturated rings. The lowest BCUT2D eigenvalue weighted by atomic mass is 10.1. The van der Waals surface area contributed by atoms with Gasteiger partial charge in [-0.3, -0.25) is 4.90 Å². The monoisotopic (exact) mass is 298 g/mol. The summed E-state index contributed by atoms with van der Waals surface area (Å²) in [6.45, 7) is 5.26. The number of rotatable bonds is 5. The van der Waals surface area contributed by atoms with E-state index < -0.39 is 6.17 Å². The smallest absolute Gasteiger partial charge is 0.114 e. The SMILES string of the molecule is C[C@H]1OCC[C@@H]1NC[C@@H]1C[C@H](F)CN1Cc1cccs1. The molecule has 0 saturated carbocycles. The molecule has 2 saturated heterocycles. The minimum Gasteiger partial charge on any atom is -0.377 e. The Kier molecular flexibility index (Phi) is 4.71. The van der Waals surface area contributed by atoms with Crippen LogP contribution >= 0.6 is 11.3 Å². The summed E-state index contributed by atoms with van der Waals surface area (Å²) in [6.07, 6.45) is 1.32. The van der Waals surface area contributed by atoms with Crippen LogP contribution in [0.5, 0.6) is 0 Å². The quantitative estimate of drug-likeness (QED) is 0.903. The zero-order chi connectivity index (χ0) is 13.9. The average molecular weight is 298 g/mol. The molecule has 0 bridgehead atoms. The van der Waals surface area contributed by atoms with E-state index in [0.717, 1.165) is 26.1 Å². The van der Waals surface area contributed by atoms with Crippen molar-refractivity contribution >= 4 is 11.3 Å². The lowest BCUT2D eigenvalue weighted by Gasteiger charge is -2.26. The van der Waals surface area contributed by atoms with Crippen molar-refractivity contribution in [3.8, 4) is 0 Å². The molecule has 1 aromatic rings. The van der Waals surface area contributed by atoms with Crippen LogP contribution in [0.25, 0.3) is 0 Å². The summed E-state index contributed by atoms with van der Waals surface area (Å²) in [5.41, 5.74) is 0. The first-order chi connectivity index (χ1) is 9.72. The number of thiophene rings is 1. The van der Waals surface area contributed by atoms with Gasteiger partial charge in [0.25, 0.3) is 0 Å². The Bertz CT molecular complexity index is 414. The van der Waals surface area contributed by atoms with E-state index in [1.807, 2.05) is 0 Å². The minimum absolute atomic E-state index is 0.281. The number of alkyl halides is 1. The molecule has 4 atom stereocenters. The van der Waals surface area contributed by atoms with Gasteiger partial charge >= 0.3 is 0 Å². The molecule has 3 nitrogen and oxygen atoms in total. The zero-order valence-corrected chi connectivity index (χ0v) is 12.7. The molecule has 3 rings (SSSR count). The second-order valence-electron chi connectivity index (χ2n) is 5.87. The number of halogens is 1. The number of hydrogen-bond acceptors (Lipinski definition) is 4. The topological polar surface area (TPSA) is 24.5 Å². The van der Waals surface area contributed by atoms with Gasteiger partial charge in [-0.1, -0.05) is 6.07 Å². The summed E-state index contributed by atoms with van der Waals surface area (Å²) >= 11 is 1.75. The van der Waals surface area contributed by atoms with Gasteiger partial charge in [-0.2, -0.15) is 0 Å². The summed E-state index contributed by atoms with van der Waals surface area (Å²) in [5, 5.41) is 5.66. The zero-order valence-electron chi connectivity index (χ0n) is 11.9. The minimum atomic E-state index is -0.681. The summed E-state index contributed by atoms with van der Waals surface area (Å²) in [5.74, 6) is 0. The van der Waals surface area contributed by atoms with Crippen molar-refractivity contribution in [2.75, 3.05) is 19.7 Å². The van der Waals surface area contributed by atoms with Crippen molar-refractivity contribution in [3.63, 3.8) is 0 Å². The molecular formula is C15H23FN2OS. The van der Waals surface area contributed by atoms with E-state index in [2.05, 4.69) is 34.7 Å². The Morgan fingerprint density at radius 2 is 2.45 bits per heavy atom. The highest BCUT2D eigenvalue weighted by atomic mass is 32.1. The predicted molar refractivity (Wildman–Crippen MR) is 79.9 cm³/mol. The maximum Gasteiger partial charge on any atom is 0.114 e. The molecule has 2 aliphatic heterocycles. The van der Waals surface area contributed by atoms with Crippen LogP contribution in [0.3, 0.4) is 0 Å². The van der Waals surface area contributed by atoms with Crippen molar-refractivity contribution in [1.29, 1.82) is 0 Å². The van der Waals surface area contributed by atoms with Crippen LogP contribution in [0, 0.1) is 0 Å². The molecule has 0 amide bonds. The van der Waals surface area contributed by atoms with Gasteiger partial charge in [0.2, 0.25) is 0 Å². The number of nitrogens with zero attached hydrogens (tertiary/aromatic N) is 1. The molecule has 0 aliphatic carbocycles. The molecule has 0 radical (unpaired) electrons. The predicted octanol–water partition coefficient (Wildman–Crippen LogP) is 2.43. The van der Waals surface area contributed by atoms with E-state index in [4.69, 9.17) is 4.74 Å². The second-order valence-corrected chi connectivity index (χ2v) is 6.91. The van der Waals surface area contributed by atoms with Crippen LogP contribution in [0.4, 0.5) is 4.39 Å². The molecule has 112 valence electrons. The van der Waals surface area contributed by atoms with Crippen LogP contribution in [-0.2, 0) is 11.3 Å². The van der Waals surface area contributed by atoms with E-state index in [1.54, 1.807) is 11.3 Å². The van der Waals surface area contributed by atoms with Gasteiger partial charge in [-0.05, 0) is 31.2 Å². The van der Waals surface area contributed by atoms with Crippen LogP contribution < -0.4 is 5.32 Å². The van der Waals surface area contributed by atoms with Crippen LogP contribution in [0.1, 0.15) is 24.6 Å². The first kappa shape index (κ1) is 14.4. The van der Waals surface area contributed by atoms with Gasteiger partial charge in [0, 0.05) is 43.2 Å². The average Bonchev–Trinajstić information content (AvgIpc) is 3.11. The van der Waals surface area contributed by atoms with Crippen LogP contribution in [0.15, 0.2) is 17.5 Å². The Morgan fingerprint density at radius 1 is 1.55 bits per heavy atom. The highest BCUT2D eigenvalue weighted by molar-refractivity contribution is 7.09. The van der Waals surface area contributed by atoms with Crippen molar-refractivity contribution in [1.82, 2.24) is 10.2 Å². The van der Waals surface area contributed by atoms with Crippen LogP contribution in [0.2, 0.25) is 0 Å². The summed E-state index contributed by atoms with van der Waals surface area (Å²) < 4.78 is 19.3. The number of nitrogens with one attached hydrogen (secondary N) is 1. The van der Waals surface area contributed by atoms with Gasteiger partial charge in [-0.25, -0.2) is 4.39 Å². The van der Waals surface area contributed by atoms with Crippen molar-refractivity contribution in [2.24, 2.45) is 0 Å². The number of ether oxygens (including phenoxy) is 1. The van der Waals surface area contributed by atoms with Gasteiger partial charge in [0.05, 0.1) is 6.10 Å². The Morgan fingerprint density at radius 3 is 3.15 bits per heavy atom. The van der Waals surface area contributed by atoms with Crippen molar-refractivity contribution in [2.45, 2.75) is 50.7 Å². The summed E-state index contributed by atoms with van der Waals surface area (Å²) in [7, 11) is 0. The maximum absolute atomic E-state index is 13.7. The van der Waals surface area contributed by atoms with Crippen molar-refractivity contribution < 1.29 is 9.13 Å². The standard InChI is InChI=1S/C15H23FN2OS/c1-11-15(4-5-19-11)17-8-13-7-12(16)9-18(13)10-14-3-2-6-20-14/h2-3,6,11-13,15,17H,4-5,7-10H2,1H3/t11-,12+,13+,15+/m1/s1. The number of likely N-dealkylation sites (tertiary alicyclic amines) is 1. The Labute approximate surface area is 124 Å². The molecule has 5 heteroatoms. The highest BCUT2D eigenvalue weighted by Gasteiger charge is 2.33. The Balaban J connectivity index is 1.53. The van der Waals surface area contributed by atoms with Gasteiger partial charge in [0.1, 0.15) is 6.17 Å². The fourth-order valence-electron chi connectivity index (χ4n) is 3.22. The third kappa shape index (κ3) is 3.39. The molecule has 1 N–H and O–H groups in total. The third-order valence-electron chi connectivity index (χ3n) is 4.41. The van der Waals surface area contributed by atoms with Gasteiger partial charge in [-0.15, -0.1) is 11.3 Å². The molecule has 20 heavy (non-hydrogen) atoms. The van der Waals surface area contributed by atoms with E-state index >= 15 is 0 Å². The maximum atomic E-state index is 13.7. The summed E-state index contributed by atoms with van der Waals surface area (Å²) in [4.78, 5) is 3.60. The summed E-state index contributed by atoms with van der Waals surface area (Å²) in [6, 6.07) is 4.93. The fourth-order valence-corrected chi connectivity index (χ4v) is 3.95. The molecule has 0 aromatic carbocycles. The molecule has 0 unspecified atom stereocenters. The first-order valence-electron chi connectivity index (χ1n) is 7.48. The van der Waals surface area contributed by atoms with Crippen molar-refractivity contribution in [3.05, 3.63) is 22.4 Å². The molecule has 2 aliphatic rings. The molecule has 1 aromatic heterocycles. The molecule has 0 spiro atoms. The molecular weight excluding hydrogens is 275 g/mol. The lowest BCUT2D eigenvalue weighted by Crippen LogP contribution is -2.43. The van der Waals surface area contributed by atoms with E-state index in [1.165, 1.54) is 4.88 Å². The first-order valence-corrected chi connectivity index (χ1v) is 8.36. The third-order valence-corrected chi connectivity index (χ3v) is 5.27. The lowest BCUT2D eigenvalue weighted by molar-refractivity contribution is 0.111. The van der Waals surface area contributed by atoms with E-state index in [-0.39, 0.29) is 6.10 Å². The largest absolute Gasteiger partial charge is 0.377 e. The van der Waals surface area contributed by atoms with E-state index in [0.29, 0.717) is 25.0 Å². The highest BCUT2D eigenvalue weighted by Crippen LogP contribution is 2.24. The van der Waals surface area contributed by atoms with Gasteiger partial charge in [0.15, 0.2) is 0 Å².